The third kappa shape index (κ3) is 2.67. The lowest BCUT2D eigenvalue weighted by molar-refractivity contribution is 0.266. The van der Waals surface area contributed by atoms with Gasteiger partial charge in [-0.25, -0.2) is 10.5 Å². The Labute approximate surface area is 110 Å². The zero-order valence-electron chi connectivity index (χ0n) is 10.1. The van der Waals surface area contributed by atoms with E-state index in [4.69, 9.17) is 9.49 Å². The predicted octanol–water partition coefficient (Wildman–Crippen LogP) is 0.143. The van der Waals surface area contributed by atoms with E-state index in [1.54, 1.807) is 18.5 Å². The quantitative estimate of drug-likeness (QED) is 0.601. The first-order valence-corrected chi connectivity index (χ1v) is 5.94. The molecule has 0 saturated carbocycles. The van der Waals surface area contributed by atoms with Crippen molar-refractivity contribution in [1.29, 1.82) is 0 Å². The average Bonchev–Trinajstić information content (AvgIpc) is 2.47. The first-order chi connectivity index (χ1) is 9.33. The van der Waals surface area contributed by atoms with Gasteiger partial charge in [-0.05, 0) is 29.6 Å². The van der Waals surface area contributed by atoms with Gasteiger partial charge in [0, 0.05) is 19.0 Å². The van der Waals surface area contributed by atoms with E-state index in [0.29, 0.717) is 18.2 Å². The van der Waals surface area contributed by atoms with Gasteiger partial charge in [0.1, 0.15) is 0 Å². The summed E-state index contributed by atoms with van der Waals surface area (Å²) in [6.07, 6.45) is 5.42. The van der Waals surface area contributed by atoms with Gasteiger partial charge >= 0.3 is 7.12 Å². The van der Waals surface area contributed by atoms with Crippen LogP contribution in [0.3, 0.4) is 0 Å². The first-order valence-electron chi connectivity index (χ1n) is 5.94. The molecule has 6 nitrogen and oxygen atoms in total. The van der Waals surface area contributed by atoms with Gasteiger partial charge in [-0.1, -0.05) is 6.07 Å². The van der Waals surface area contributed by atoms with Crippen molar-refractivity contribution < 1.29 is 14.5 Å². The second-order valence-electron chi connectivity index (χ2n) is 4.13. The first kappa shape index (κ1) is 11.9. The molecule has 0 fully saturated rings. The SMILES string of the molecule is OB1OCCc2ccc(NOc3cnccn3)cc21. The Morgan fingerprint density at radius 3 is 3.16 bits per heavy atom. The number of hydrogen-bond acceptors (Lipinski definition) is 6. The number of fused-ring (bicyclic) bond motifs is 1. The highest BCUT2D eigenvalue weighted by Crippen LogP contribution is 2.13. The summed E-state index contributed by atoms with van der Waals surface area (Å²) in [4.78, 5) is 13.1. The summed E-state index contributed by atoms with van der Waals surface area (Å²) in [6, 6.07) is 5.63. The maximum Gasteiger partial charge on any atom is 0.491 e. The maximum absolute atomic E-state index is 9.76. The van der Waals surface area contributed by atoms with E-state index in [-0.39, 0.29) is 0 Å². The zero-order valence-corrected chi connectivity index (χ0v) is 10.1. The molecule has 7 heteroatoms. The molecule has 2 N–H and O–H groups in total. The Morgan fingerprint density at radius 1 is 1.37 bits per heavy atom. The molecular weight excluding hydrogens is 245 g/mol. The molecule has 1 aliphatic heterocycles. The molecule has 0 saturated heterocycles. The molecule has 19 heavy (non-hydrogen) atoms. The van der Waals surface area contributed by atoms with Gasteiger partial charge < -0.3 is 14.5 Å². The Hall–Kier alpha value is -2.12. The molecule has 1 aliphatic rings. The molecule has 2 heterocycles. The van der Waals surface area contributed by atoms with Crippen LogP contribution in [0.15, 0.2) is 36.8 Å². The fourth-order valence-electron chi connectivity index (χ4n) is 1.94. The van der Waals surface area contributed by atoms with Gasteiger partial charge in [-0.3, -0.25) is 4.98 Å². The topological polar surface area (TPSA) is 76.5 Å². The largest absolute Gasteiger partial charge is 0.491 e. The number of nitrogens with one attached hydrogen (secondary N) is 1. The molecule has 0 bridgehead atoms. The van der Waals surface area contributed by atoms with Crippen molar-refractivity contribution in [2.24, 2.45) is 0 Å². The lowest BCUT2D eigenvalue weighted by Gasteiger charge is -2.19. The van der Waals surface area contributed by atoms with Gasteiger partial charge in [0.2, 0.25) is 0 Å². The second-order valence-corrected chi connectivity index (χ2v) is 4.13. The van der Waals surface area contributed by atoms with E-state index in [1.807, 2.05) is 12.1 Å². The maximum atomic E-state index is 9.76. The van der Waals surface area contributed by atoms with Crippen LogP contribution in [-0.2, 0) is 11.1 Å². The van der Waals surface area contributed by atoms with Crippen molar-refractivity contribution in [1.82, 2.24) is 9.97 Å². The Bertz CT molecular complexity index is 567. The van der Waals surface area contributed by atoms with Crippen LogP contribution < -0.4 is 15.8 Å². The molecule has 96 valence electrons. The van der Waals surface area contributed by atoms with Crippen molar-refractivity contribution in [3.05, 3.63) is 42.4 Å². The third-order valence-corrected chi connectivity index (χ3v) is 2.87. The van der Waals surface area contributed by atoms with Crippen molar-refractivity contribution in [2.45, 2.75) is 6.42 Å². The van der Waals surface area contributed by atoms with E-state index in [1.165, 1.54) is 6.20 Å². The lowest BCUT2D eigenvalue weighted by Crippen LogP contribution is -2.41. The van der Waals surface area contributed by atoms with Crippen LogP contribution in [-0.4, -0.2) is 28.7 Å². The van der Waals surface area contributed by atoms with Crippen molar-refractivity contribution in [3.8, 4) is 5.88 Å². The standard InChI is InChI=1S/C12H12BN3O3/c17-13-11-7-10(2-1-9(11)3-6-18-13)16-19-12-8-14-4-5-15-12/h1-2,4-5,7-8,16-17H,3,6H2. The number of nitrogens with zero attached hydrogens (tertiary/aromatic N) is 2. The fourth-order valence-corrected chi connectivity index (χ4v) is 1.94. The minimum Gasteiger partial charge on any atom is -0.423 e. The van der Waals surface area contributed by atoms with Gasteiger partial charge in [0.25, 0.3) is 5.88 Å². The molecule has 1 aromatic heterocycles. The smallest absolute Gasteiger partial charge is 0.423 e. The third-order valence-electron chi connectivity index (χ3n) is 2.87. The summed E-state index contributed by atoms with van der Waals surface area (Å²) in [5.74, 6) is 0.372. The summed E-state index contributed by atoms with van der Waals surface area (Å²) < 4.78 is 5.19. The Balaban J connectivity index is 1.74. The van der Waals surface area contributed by atoms with Crippen LogP contribution in [0.4, 0.5) is 5.69 Å². The highest BCUT2D eigenvalue weighted by Gasteiger charge is 2.24. The monoisotopic (exact) mass is 257 g/mol. The Kier molecular flexibility index (Phi) is 3.30. The number of hydrogen-bond donors (Lipinski definition) is 2. The molecule has 3 rings (SSSR count). The summed E-state index contributed by atoms with van der Waals surface area (Å²) >= 11 is 0. The van der Waals surface area contributed by atoms with Crippen LogP contribution >= 0.6 is 0 Å². The normalized spacial score (nSPS) is 13.8. The van der Waals surface area contributed by atoms with Crippen LogP contribution in [0, 0.1) is 0 Å². The van der Waals surface area contributed by atoms with E-state index in [2.05, 4.69) is 15.4 Å². The van der Waals surface area contributed by atoms with Gasteiger partial charge in [-0.2, -0.15) is 0 Å². The average molecular weight is 257 g/mol. The summed E-state index contributed by atoms with van der Waals surface area (Å²) in [5, 5.41) is 9.76. The molecule has 2 aromatic rings. The van der Waals surface area contributed by atoms with Crippen LogP contribution in [0.1, 0.15) is 5.56 Å². The van der Waals surface area contributed by atoms with E-state index in [0.717, 1.165) is 17.4 Å². The predicted molar refractivity (Wildman–Crippen MR) is 70.0 cm³/mol. The molecular formula is C12H12BN3O3. The molecule has 0 radical (unpaired) electrons. The highest BCUT2D eigenvalue weighted by atomic mass is 16.7. The van der Waals surface area contributed by atoms with Gasteiger partial charge in [-0.15, -0.1) is 0 Å². The molecule has 0 unspecified atom stereocenters. The summed E-state index contributed by atoms with van der Waals surface area (Å²) in [5.41, 5.74) is 5.33. The Morgan fingerprint density at radius 2 is 2.32 bits per heavy atom. The second kappa shape index (κ2) is 5.25. The minimum absolute atomic E-state index is 0.372. The number of anilines is 1. The van der Waals surface area contributed by atoms with E-state index in [9.17, 15) is 5.02 Å². The number of benzene rings is 1. The van der Waals surface area contributed by atoms with Crippen LogP contribution in [0.5, 0.6) is 5.88 Å². The molecule has 0 atom stereocenters. The van der Waals surface area contributed by atoms with Crippen molar-refractivity contribution in [2.75, 3.05) is 12.1 Å². The molecule has 1 aromatic carbocycles. The minimum atomic E-state index is -0.873. The fraction of sp³-hybridized carbons (Fsp3) is 0.167. The molecule has 0 amide bonds. The van der Waals surface area contributed by atoms with Crippen LogP contribution in [0.2, 0.25) is 0 Å². The van der Waals surface area contributed by atoms with Crippen LogP contribution in [0.25, 0.3) is 0 Å². The summed E-state index contributed by atoms with van der Waals surface area (Å²) in [6.45, 7) is 0.539. The van der Waals surface area contributed by atoms with Crippen molar-refractivity contribution in [3.63, 3.8) is 0 Å². The highest BCUT2D eigenvalue weighted by molar-refractivity contribution is 6.61. The molecule has 0 aliphatic carbocycles. The number of rotatable bonds is 3. The van der Waals surface area contributed by atoms with Crippen molar-refractivity contribution >= 4 is 18.3 Å². The number of aromatic nitrogens is 2. The van der Waals surface area contributed by atoms with Gasteiger partial charge in [0.05, 0.1) is 11.9 Å². The zero-order chi connectivity index (χ0) is 13.1. The lowest BCUT2D eigenvalue weighted by atomic mass is 9.73. The molecule has 0 spiro atoms. The van der Waals surface area contributed by atoms with E-state index >= 15 is 0 Å². The van der Waals surface area contributed by atoms with E-state index < -0.39 is 7.12 Å². The summed E-state index contributed by atoms with van der Waals surface area (Å²) in [7, 11) is -0.873. The van der Waals surface area contributed by atoms with Gasteiger partial charge in [0.15, 0.2) is 0 Å².